The van der Waals surface area contributed by atoms with Crippen LogP contribution in [0.25, 0.3) is 0 Å². The highest BCUT2D eigenvalue weighted by atomic mass is 35.5. The third kappa shape index (κ3) is 3.20. The molecule has 1 aliphatic rings. The monoisotopic (exact) mass is 340 g/mol. The highest BCUT2D eigenvalue weighted by molar-refractivity contribution is 7.98. The first-order valence-electron chi connectivity index (χ1n) is 6.54. The topological polar surface area (TPSA) is 67.8 Å². The van der Waals surface area contributed by atoms with E-state index in [9.17, 15) is 4.79 Å². The van der Waals surface area contributed by atoms with Gasteiger partial charge in [0.25, 0.3) is 5.91 Å². The number of fused-ring (bicyclic) bond motifs is 1. The van der Waals surface area contributed by atoms with Gasteiger partial charge < -0.3 is 0 Å². The number of hydrogen-bond acceptors (Lipinski definition) is 6. The van der Waals surface area contributed by atoms with E-state index in [1.165, 1.54) is 47.0 Å². The van der Waals surface area contributed by atoms with Gasteiger partial charge in [0, 0.05) is 4.88 Å². The molecule has 0 fully saturated rings. The molecular formula is C13H13ClN4OS2. The van der Waals surface area contributed by atoms with Crippen molar-refractivity contribution in [2.24, 2.45) is 0 Å². The zero-order valence-electron chi connectivity index (χ0n) is 11.4. The van der Waals surface area contributed by atoms with Crippen molar-refractivity contribution in [1.29, 1.82) is 0 Å². The maximum absolute atomic E-state index is 12.3. The molecule has 110 valence electrons. The molecular weight excluding hydrogens is 328 g/mol. The molecule has 1 N–H and O–H groups in total. The Labute approximate surface area is 135 Å². The minimum Gasteiger partial charge on any atom is -0.296 e. The van der Waals surface area contributed by atoms with Gasteiger partial charge in [-0.2, -0.15) is 0 Å². The van der Waals surface area contributed by atoms with E-state index in [1.54, 1.807) is 0 Å². The van der Waals surface area contributed by atoms with E-state index >= 15 is 0 Å². The van der Waals surface area contributed by atoms with Gasteiger partial charge in [0.05, 0.1) is 16.9 Å². The van der Waals surface area contributed by atoms with E-state index < -0.39 is 0 Å². The van der Waals surface area contributed by atoms with Crippen molar-refractivity contribution in [2.45, 2.75) is 30.8 Å². The van der Waals surface area contributed by atoms with Gasteiger partial charge in [-0.3, -0.25) is 10.1 Å². The fourth-order valence-electron chi connectivity index (χ4n) is 2.17. The quantitative estimate of drug-likeness (QED) is 0.684. The summed E-state index contributed by atoms with van der Waals surface area (Å²) in [5, 5.41) is 4.17. The third-order valence-corrected chi connectivity index (χ3v) is 5.10. The van der Waals surface area contributed by atoms with Gasteiger partial charge in [-0.25, -0.2) is 15.0 Å². The molecule has 1 amide bonds. The summed E-state index contributed by atoms with van der Waals surface area (Å²) < 4.78 is 0. The average molecular weight is 341 g/mol. The summed E-state index contributed by atoms with van der Waals surface area (Å²) in [6, 6.07) is 0. The van der Waals surface area contributed by atoms with E-state index in [0.717, 1.165) is 18.5 Å². The highest BCUT2D eigenvalue weighted by Gasteiger charge is 2.19. The standard InChI is InChI=1S/C13H13ClN4OS2/c1-20-12-15-6-7(14)10(17-12)11(19)18-13-16-8-4-2-3-5-9(8)21-13/h6H,2-5H2,1H3,(H,16,18,19). The number of nitrogens with one attached hydrogen (secondary N) is 1. The van der Waals surface area contributed by atoms with Crippen molar-refractivity contribution in [2.75, 3.05) is 11.6 Å². The molecule has 1 aliphatic carbocycles. The van der Waals surface area contributed by atoms with Crippen LogP contribution in [0.3, 0.4) is 0 Å². The van der Waals surface area contributed by atoms with Crippen molar-refractivity contribution in [3.05, 3.63) is 27.5 Å². The number of thioether (sulfide) groups is 1. The summed E-state index contributed by atoms with van der Waals surface area (Å²) in [5.41, 5.74) is 1.30. The molecule has 0 aromatic carbocycles. The van der Waals surface area contributed by atoms with Crippen LogP contribution in [0.4, 0.5) is 5.13 Å². The van der Waals surface area contributed by atoms with Crippen LogP contribution < -0.4 is 5.32 Å². The largest absolute Gasteiger partial charge is 0.296 e. The van der Waals surface area contributed by atoms with E-state index in [-0.39, 0.29) is 16.6 Å². The molecule has 2 aromatic rings. The van der Waals surface area contributed by atoms with Gasteiger partial charge in [-0.15, -0.1) is 11.3 Å². The van der Waals surface area contributed by atoms with E-state index in [1.807, 2.05) is 6.26 Å². The minimum absolute atomic E-state index is 0.184. The van der Waals surface area contributed by atoms with Gasteiger partial charge in [0.1, 0.15) is 0 Å². The molecule has 0 radical (unpaired) electrons. The van der Waals surface area contributed by atoms with Gasteiger partial charge in [0.15, 0.2) is 16.0 Å². The van der Waals surface area contributed by atoms with E-state index in [0.29, 0.717) is 10.3 Å². The highest BCUT2D eigenvalue weighted by Crippen LogP contribution is 2.30. The maximum atomic E-state index is 12.3. The minimum atomic E-state index is -0.344. The fourth-order valence-corrected chi connectivity index (χ4v) is 3.73. The van der Waals surface area contributed by atoms with Crippen molar-refractivity contribution >= 4 is 45.7 Å². The fraction of sp³-hybridized carbons (Fsp3) is 0.385. The predicted octanol–water partition coefficient (Wildman–Crippen LogP) is 3.44. The smallest absolute Gasteiger partial charge is 0.277 e. The molecule has 8 heteroatoms. The first-order valence-corrected chi connectivity index (χ1v) is 8.95. The van der Waals surface area contributed by atoms with Gasteiger partial charge >= 0.3 is 0 Å². The zero-order valence-corrected chi connectivity index (χ0v) is 13.7. The Morgan fingerprint density at radius 1 is 1.38 bits per heavy atom. The SMILES string of the molecule is CSc1ncc(Cl)c(C(=O)Nc2nc3c(s2)CCCC3)n1. The predicted molar refractivity (Wildman–Crippen MR) is 85.5 cm³/mol. The molecule has 0 bridgehead atoms. The second-order valence-corrected chi connectivity index (χ2v) is 6.87. The van der Waals surface area contributed by atoms with Crippen molar-refractivity contribution in [3.8, 4) is 0 Å². The number of thiazole rings is 1. The number of amides is 1. The molecule has 0 aliphatic heterocycles. The Balaban J connectivity index is 1.81. The van der Waals surface area contributed by atoms with Crippen LogP contribution in [-0.2, 0) is 12.8 Å². The number of nitrogens with zero attached hydrogens (tertiary/aromatic N) is 3. The molecule has 0 spiro atoms. The Hall–Kier alpha value is -1.18. The molecule has 0 unspecified atom stereocenters. The molecule has 5 nitrogen and oxygen atoms in total. The summed E-state index contributed by atoms with van der Waals surface area (Å²) in [5.74, 6) is -0.344. The lowest BCUT2D eigenvalue weighted by Crippen LogP contribution is -2.15. The van der Waals surface area contributed by atoms with Gasteiger partial charge in [-0.1, -0.05) is 23.4 Å². The lowest BCUT2D eigenvalue weighted by atomic mass is 10.0. The second-order valence-electron chi connectivity index (χ2n) is 4.60. The number of rotatable bonds is 3. The third-order valence-electron chi connectivity index (χ3n) is 3.19. The number of halogens is 1. The van der Waals surface area contributed by atoms with Crippen LogP contribution in [0.1, 0.15) is 33.9 Å². The number of aryl methyl sites for hydroxylation is 2. The first kappa shape index (κ1) is 14.7. The van der Waals surface area contributed by atoms with Gasteiger partial charge in [-0.05, 0) is 31.9 Å². The van der Waals surface area contributed by atoms with E-state index in [2.05, 4.69) is 20.3 Å². The van der Waals surface area contributed by atoms with E-state index in [4.69, 9.17) is 11.6 Å². The lowest BCUT2D eigenvalue weighted by molar-refractivity contribution is 0.102. The number of carbonyl (C=O) groups is 1. The van der Waals surface area contributed by atoms with Crippen LogP contribution in [-0.4, -0.2) is 27.1 Å². The lowest BCUT2D eigenvalue weighted by Gasteiger charge is -2.06. The summed E-state index contributed by atoms with van der Waals surface area (Å²) in [4.78, 5) is 26.2. The number of aromatic nitrogens is 3. The van der Waals surface area contributed by atoms with Crippen molar-refractivity contribution in [3.63, 3.8) is 0 Å². The molecule has 0 saturated heterocycles. The summed E-state index contributed by atoms with van der Waals surface area (Å²) in [7, 11) is 0. The normalized spacial score (nSPS) is 13.8. The maximum Gasteiger partial charge on any atom is 0.277 e. The molecule has 2 heterocycles. The average Bonchev–Trinajstić information content (AvgIpc) is 2.89. The van der Waals surface area contributed by atoms with Crippen LogP contribution in [0.15, 0.2) is 11.4 Å². The van der Waals surface area contributed by atoms with Crippen LogP contribution in [0, 0.1) is 0 Å². The van der Waals surface area contributed by atoms with Crippen molar-refractivity contribution in [1.82, 2.24) is 15.0 Å². The molecule has 0 atom stereocenters. The van der Waals surface area contributed by atoms with Crippen LogP contribution in [0.2, 0.25) is 5.02 Å². The second kappa shape index (κ2) is 6.29. The molecule has 0 saturated carbocycles. The number of hydrogen-bond donors (Lipinski definition) is 1. The van der Waals surface area contributed by atoms with Crippen molar-refractivity contribution < 1.29 is 4.79 Å². The first-order chi connectivity index (χ1) is 10.2. The molecule has 3 rings (SSSR count). The number of anilines is 1. The zero-order chi connectivity index (χ0) is 14.8. The summed E-state index contributed by atoms with van der Waals surface area (Å²) >= 11 is 8.91. The Morgan fingerprint density at radius 2 is 2.19 bits per heavy atom. The Kier molecular flexibility index (Phi) is 4.42. The molecule has 21 heavy (non-hydrogen) atoms. The van der Waals surface area contributed by atoms with Crippen LogP contribution in [0.5, 0.6) is 0 Å². The number of carbonyl (C=O) groups excluding carboxylic acids is 1. The Morgan fingerprint density at radius 3 is 2.95 bits per heavy atom. The summed E-state index contributed by atoms with van der Waals surface area (Å²) in [6.07, 6.45) is 7.69. The van der Waals surface area contributed by atoms with Crippen LogP contribution >= 0.6 is 34.7 Å². The van der Waals surface area contributed by atoms with Gasteiger partial charge in [0.2, 0.25) is 0 Å². The summed E-state index contributed by atoms with van der Waals surface area (Å²) in [6.45, 7) is 0. The molecule has 2 aromatic heterocycles. The Bertz CT molecular complexity index is 665.